The van der Waals surface area contributed by atoms with Crippen LogP contribution in [0.1, 0.15) is 114 Å². The number of piperidine rings is 2. The summed E-state index contributed by atoms with van der Waals surface area (Å²) in [5.74, 6) is 4.49. The van der Waals surface area contributed by atoms with Gasteiger partial charge in [-0.15, -0.1) is 8.42 Å². The highest BCUT2D eigenvalue weighted by molar-refractivity contribution is 7.93. The van der Waals surface area contributed by atoms with Crippen molar-refractivity contribution in [3.05, 3.63) is 87.8 Å². The largest absolute Gasteiger partial charge is 0.510 e. The first-order valence-electron chi connectivity index (χ1n) is 23.5. The fourth-order valence-electron chi connectivity index (χ4n) is 9.94. The average molecular weight is 974 g/mol. The zero-order valence-corrected chi connectivity index (χ0v) is 39.5. The first-order valence-corrected chi connectivity index (χ1v) is 25.0. The molecular formula is C50H57F4N8O6S+. The molecule has 3 N–H and O–H groups in total. The zero-order valence-electron chi connectivity index (χ0n) is 38.7. The van der Waals surface area contributed by atoms with Crippen molar-refractivity contribution in [2.45, 2.75) is 126 Å². The van der Waals surface area contributed by atoms with Crippen molar-refractivity contribution in [2.24, 2.45) is 17.3 Å². The molecule has 69 heavy (non-hydrogen) atoms. The van der Waals surface area contributed by atoms with E-state index in [1.54, 1.807) is 0 Å². The van der Waals surface area contributed by atoms with Crippen LogP contribution in [0.5, 0.6) is 0 Å². The van der Waals surface area contributed by atoms with Gasteiger partial charge >= 0.3 is 22.3 Å². The van der Waals surface area contributed by atoms with Gasteiger partial charge < -0.3 is 20.1 Å². The summed E-state index contributed by atoms with van der Waals surface area (Å²) in [5, 5.41) is 19.1. The molecule has 4 aliphatic rings. The number of sulfonamides is 1. The number of nitrogens with one attached hydrogen (secondary N) is 2. The Morgan fingerprint density at radius 2 is 1.70 bits per heavy atom. The average Bonchev–Trinajstić information content (AvgIpc) is 3.77. The number of carbonyl (C=O) groups excluding carboxylic acids is 2. The Morgan fingerprint density at radius 1 is 0.971 bits per heavy atom. The van der Waals surface area contributed by atoms with Gasteiger partial charge in [-0.25, -0.2) is 14.4 Å². The van der Waals surface area contributed by atoms with Gasteiger partial charge in [-0.05, 0) is 139 Å². The van der Waals surface area contributed by atoms with E-state index >= 15 is 4.39 Å². The Morgan fingerprint density at radius 3 is 2.36 bits per heavy atom. The Labute approximate surface area is 399 Å². The van der Waals surface area contributed by atoms with Crippen LogP contribution in [0.2, 0.25) is 0 Å². The van der Waals surface area contributed by atoms with E-state index in [0.717, 1.165) is 100 Å². The summed E-state index contributed by atoms with van der Waals surface area (Å²) in [6, 6.07) is 13.5. The van der Waals surface area contributed by atoms with Gasteiger partial charge in [0, 0.05) is 42.6 Å². The second-order valence-corrected chi connectivity index (χ2v) is 21.2. The molecule has 4 heterocycles. The number of aromatic nitrogens is 4. The number of rotatable bonds is 11. The molecule has 19 heteroatoms. The van der Waals surface area contributed by atoms with Crippen molar-refractivity contribution in [1.29, 1.82) is 0 Å². The van der Waals surface area contributed by atoms with Crippen LogP contribution in [-0.4, -0.2) is 87.9 Å². The van der Waals surface area contributed by atoms with Crippen LogP contribution in [0, 0.1) is 41.0 Å². The van der Waals surface area contributed by atoms with Crippen LogP contribution in [0.25, 0.3) is 15.5 Å². The minimum absolute atomic E-state index is 0.00430. The molecule has 4 aromatic rings. The number of imide groups is 1. The molecule has 2 amide bonds. The summed E-state index contributed by atoms with van der Waals surface area (Å²) in [4.78, 5) is 33.6. The minimum atomic E-state index is -4.82. The summed E-state index contributed by atoms with van der Waals surface area (Å²) >= 11 is 0. The number of ether oxygens (including phenoxy) is 1. The maximum atomic E-state index is 15.3. The molecule has 0 radical (unpaired) electrons. The molecular weight excluding hydrogens is 917 g/mol. The first kappa shape index (κ1) is 49.7. The number of amides is 2. The lowest BCUT2D eigenvalue weighted by atomic mass is 9.67. The van der Waals surface area contributed by atoms with Crippen molar-refractivity contribution in [3.8, 4) is 29.2 Å². The second-order valence-electron chi connectivity index (χ2n) is 19.6. The van der Waals surface area contributed by atoms with Gasteiger partial charge in [-0.2, -0.15) is 18.3 Å². The molecule has 2 aliphatic carbocycles. The van der Waals surface area contributed by atoms with Crippen LogP contribution >= 0.6 is 0 Å². The number of anilines is 2. The number of alkyl halides is 3. The van der Waals surface area contributed by atoms with Crippen LogP contribution in [0.15, 0.2) is 66.0 Å². The number of hydrogen-bond donors (Lipinski definition) is 3. The number of carbonyl (C=O) groups is 2. The number of nitrogens with zero attached hydrogens (tertiary/aromatic N) is 6. The lowest BCUT2D eigenvalue weighted by molar-refractivity contribution is -0.137. The lowest BCUT2D eigenvalue weighted by Gasteiger charge is -2.46. The van der Waals surface area contributed by atoms with Gasteiger partial charge in [-0.3, -0.25) is 19.6 Å². The molecule has 2 saturated carbocycles. The van der Waals surface area contributed by atoms with Crippen molar-refractivity contribution in [1.82, 2.24) is 30.0 Å². The maximum absolute atomic E-state index is 15.3. The SMILES string of the molecule is CC(C)(O)Cn1cc(-c2nc(Nc3ccc(S(=O)(=O)[N+]#CC4CCC(CN5CCC6(CCC(OCC#Cc7ccc(C8CCC(=O)NC8=O)cc7)CC6)CC5)CC4)cc3F)ncc2C(F)(F)F)cn1. The quantitative estimate of drug-likeness (QED) is 0.0748. The van der Waals surface area contributed by atoms with Crippen LogP contribution in [0.4, 0.5) is 29.2 Å². The number of halogens is 4. The molecule has 1 spiro atoms. The van der Waals surface area contributed by atoms with E-state index in [9.17, 15) is 36.3 Å². The summed E-state index contributed by atoms with van der Waals surface area (Å²) < 4.78 is 94.6. The van der Waals surface area contributed by atoms with Gasteiger partial charge in [0.1, 0.15) is 18.0 Å². The fraction of sp³-hybridized carbons (Fsp3) is 0.520. The Kier molecular flexibility index (Phi) is 14.9. The highest BCUT2D eigenvalue weighted by Crippen LogP contribution is 2.46. The second kappa shape index (κ2) is 20.7. The fourth-order valence-corrected chi connectivity index (χ4v) is 10.8. The molecule has 0 bridgehead atoms. The molecule has 4 fully saturated rings. The summed E-state index contributed by atoms with van der Waals surface area (Å²) in [6.07, 6.45) is 9.34. The topological polar surface area (TPSA) is 173 Å². The predicted octanol–water partition coefficient (Wildman–Crippen LogP) is 8.45. The van der Waals surface area contributed by atoms with Crippen molar-refractivity contribution in [3.63, 3.8) is 0 Å². The maximum Gasteiger partial charge on any atom is 0.510 e. The standard InChI is InChI=1S/C50H56F4N8O6S/c1-48(2,65)32-62-31-37(28-56-62)45-41(50(52,53)54)29-55-47(60-45)58-43-15-13-39(26-42(43)51)69(66,67)57-27-34-5-7-35(8-6-34)30-61-23-21-49(22-24-61)19-17-38(18-20-49)68-25-3-4-33-9-11-36(12-10-33)40-14-16-44(63)59-46(40)64/h9-13,15,26,28-29,31,34-35,38,40,65H,5-8,14,16-25,30,32H2,1-2H3,(H-,55,58,59,60,63,64)/p+1. The van der Waals surface area contributed by atoms with E-state index < -0.39 is 43.8 Å². The summed E-state index contributed by atoms with van der Waals surface area (Å²) in [5.41, 5.74) is -1.01. The van der Waals surface area contributed by atoms with Crippen molar-refractivity contribution in [2.75, 3.05) is 31.6 Å². The third-order valence-electron chi connectivity index (χ3n) is 13.8. The number of hydrogen-bond acceptors (Lipinski definition) is 11. The van der Waals surface area contributed by atoms with Gasteiger partial charge in [0.2, 0.25) is 17.8 Å². The third-order valence-corrected chi connectivity index (χ3v) is 15.0. The molecule has 2 saturated heterocycles. The molecule has 2 aromatic carbocycles. The third kappa shape index (κ3) is 12.9. The van der Waals surface area contributed by atoms with Crippen molar-refractivity contribution >= 4 is 33.5 Å². The molecule has 1 atom stereocenters. The first-order chi connectivity index (χ1) is 32.8. The normalized spacial score (nSPS) is 21.5. The van der Waals surface area contributed by atoms with Gasteiger partial charge in [-0.1, -0.05) is 24.0 Å². The van der Waals surface area contributed by atoms with Gasteiger partial charge in [0.05, 0.1) is 51.9 Å². The molecule has 2 aromatic heterocycles. The molecule has 1 unspecified atom stereocenters. The van der Waals surface area contributed by atoms with E-state index in [4.69, 9.17) is 4.74 Å². The Balaban J connectivity index is 0.756. The van der Waals surface area contributed by atoms with Crippen LogP contribution in [-0.2, 0) is 37.1 Å². The lowest BCUT2D eigenvalue weighted by Crippen LogP contribution is -2.44. The van der Waals surface area contributed by atoms with Crippen LogP contribution in [0.3, 0.4) is 0 Å². The predicted molar refractivity (Wildman–Crippen MR) is 249 cm³/mol. The van der Waals surface area contributed by atoms with Gasteiger partial charge in [0.15, 0.2) is 4.90 Å². The Hall–Kier alpha value is -5.73. The van der Waals surface area contributed by atoms with E-state index in [0.29, 0.717) is 37.0 Å². The van der Waals surface area contributed by atoms with E-state index in [1.165, 1.54) is 43.8 Å². The molecule has 366 valence electrons. The smallest absolute Gasteiger partial charge is 0.389 e. The zero-order chi connectivity index (χ0) is 49.0. The Bertz CT molecular complexity index is 2750. The van der Waals surface area contributed by atoms with Crippen LogP contribution < -0.4 is 10.6 Å². The minimum Gasteiger partial charge on any atom is -0.389 e. The van der Waals surface area contributed by atoms with E-state index in [-0.39, 0.29) is 53.5 Å². The molecule has 8 rings (SSSR count). The summed E-state index contributed by atoms with van der Waals surface area (Å²) in [7, 11) is -4.30. The number of likely N-dealkylation sites (tertiary alicyclic amines) is 1. The van der Waals surface area contributed by atoms with E-state index in [2.05, 4.69) is 52.8 Å². The molecule has 2 aliphatic heterocycles. The van der Waals surface area contributed by atoms with Gasteiger partial charge in [0.25, 0.3) is 0 Å². The monoisotopic (exact) mass is 973 g/mol. The number of aliphatic hydroxyl groups is 1. The van der Waals surface area contributed by atoms with Crippen molar-refractivity contribution < 1.29 is 45.4 Å². The van der Waals surface area contributed by atoms with E-state index in [1.807, 2.05) is 24.3 Å². The highest BCUT2D eigenvalue weighted by Gasteiger charge is 2.40. The highest BCUT2D eigenvalue weighted by atomic mass is 32.2. The molecule has 14 nitrogen and oxygen atoms in total. The summed E-state index contributed by atoms with van der Waals surface area (Å²) in [6.45, 7) is 6.56. The number of benzene rings is 2.